The number of carbonyl (C=O) groups excluding carboxylic acids is 1. The molecule has 0 N–H and O–H groups in total. The van der Waals surface area contributed by atoms with Gasteiger partial charge in [0.15, 0.2) is 0 Å². The highest BCUT2D eigenvalue weighted by molar-refractivity contribution is 7.08. The topological polar surface area (TPSA) is 39.7 Å². The van der Waals surface area contributed by atoms with E-state index in [1.165, 1.54) is 5.56 Å². The molecule has 5 nitrogen and oxygen atoms in total. The molecule has 1 unspecified atom stereocenters. The number of hydrogen-bond acceptors (Lipinski definition) is 5. The number of nitrogens with zero attached hydrogens (tertiary/aromatic N) is 4. The van der Waals surface area contributed by atoms with Crippen molar-refractivity contribution in [1.82, 2.24) is 14.8 Å². The van der Waals surface area contributed by atoms with Crippen LogP contribution in [0.15, 0.2) is 41.4 Å². The minimum Gasteiger partial charge on any atom is -0.309 e. The lowest BCUT2D eigenvalue weighted by molar-refractivity contribution is -0.123. The van der Waals surface area contributed by atoms with Crippen molar-refractivity contribution in [3.63, 3.8) is 0 Å². The number of anilines is 1. The Labute approximate surface area is 146 Å². The quantitative estimate of drug-likeness (QED) is 0.856. The van der Waals surface area contributed by atoms with Gasteiger partial charge in [-0.25, -0.2) is 0 Å². The maximum absolute atomic E-state index is 12.5. The molecular formula is C18H22N4OS. The lowest BCUT2D eigenvalue weighted by Crippen LogP contribution is -2.64. The van der Waals surface area contributed by atoms with Crippen molar-refractivity contribution >= 4 is 22.9 Å². The molecule has 4 rings (SSSR count). The average molecular weight is 342 g/mol. The van der Waals surface area contributed by atoms with Crippen molar-refractivity contribution in [2.24, 2.45) is 0 Å². The molecule has 6 heteroatoms. The van der Waals surface area contributed by atoms with E-state index in [1.807, 2.05) is 34.8 Å². The highest BCUT2D eigenvalue weighted by atomic mass is 32.1. The third kappa shape index (κ3) is 2.85. The number of piperazine rings is 1. The van der Waals surface area contributed by atoms with Gasteiger partial charge in [0.2, 0.25) is 5.91 Å². The van der Waals surface area contributed by atoms with Crippen LogP contribution in [-0.4, -0.2) is 59.5 Å². The molecule has 2 aliphatic rings. The molecule has 1 amide bonds. The number of hydrogen-bond donors (Lipinski definition) is 0. The summed E-state index contributed by atoms with van der Waals surface area (Å²) in [6.45, 7) is 4.26. The summed E-state index contributed by atoms with van der Waals surface area (Å²) in [5.74, 6) is 0.201. The second kappa shape index (κ2) is 6.27. The van der Waals surface area contributed by atoms with Crippen molar-refractivity contribution < 1.29 is 4.79 Å². The van der Waals surface area contributed by atoms with Crippen LogP contribution < -0.4 is 4.90 Å². The standard InChI is InChI=1S/C18H22N4OS/c1-20-11-17(23)22(16-4-8-24-12-16)14-18(20)5-7-21(13-18)10-15-3-2-6-19-9-15/h2-4,6,8-9,12H,5,7,10-11,13-14H2,1H3. The Balaban J connectivity index is 1.50. The van der Waals surface area contributed by atoms with E-state index in [4.69, 9.17) is 0 Å². The fourth-order valence-corrected chi connectivity index (χ4v) is 4.51. The Bertz CT molecular complexity index is 705. The predicted octanol–water partition coefficient (Wildman–Crippen LogP) is 2.07. The van der Waals surface area contributed by atoms with Crippen LogP contribution in [0.3, 0.4) is 0 Å². The molecule has 0 aliphatic carbocycles. The molecule has 4 heterocycles. The largest absolute Gasteiger partial charge is 0.309 e. The van der Waals surface area contributed by atoms with E-state index in [0.717, 1.165) is 38.3 Å². The maximum atomic E-state index is 12.5. The summed E-state index contributed by atoms with van der Waals surface area (Å²) >= 11 is 1.64. The van der Waals surface area contributed by atoms with Gasteiger partial charge in [0, 0.05) is 44.0 Å². The van der Waals surface area contributed by atoms with E-state index in [9.17, 15) is 4.79 Å². The molecule has 2 saturated heterocycles. The molecule has 1 atom stereocenters. The van der Waals surface area contributed by atoms with Crippen LogP contribution in [0.5, 0.6) is 0 Å². The second-order valence-electron chi connectivity index (χ2n) is 6.86. The van der Waals surface area contributed by atoms with Gasteiger partial charge in [-0.1, -0.05) is 6.07 Å². The minimum atomic E-state index is 0.0536. The molecule has 1 spiro atoms. The Morgan fingerprint density at radius 1 is 1.33 bits per heavy atom. The van der Waals surface area contributed by atoms with Gasteiger partial charge in [-0.05, 0) is 36.5 Å². The van der Waals surface area contributed by atoms with Crippen LogP contribution in [-0.2, 0) is 11.3 Å². The first-order valence-electron chi connectivity index (χ1n) is 8.31. The van der Waals surface area contributed by atoms with E-state index in [2.05, 4.69) is 33.3 Å². The zero-order valence-corrected chi connectivity index (χ0v) is 14.7. The summed E-state index contributed by atoms with van der Waals surface area (Å²) in [6, 6.07) is 6.17. The van der Waals surface area contributed by atoms with Crippen molar-refractivity contribution in [2.75, 3.05) is 38.1 Å². The van der Waals surface area contributed by atoms with Gasteiger partial charge < -0.3 is 4.90 Å². The first-order chi connectivity index (χ1) is 11.7. The van der Waals surface area contributed by atoms with Crippen LogP contribution in [0.4, 0.5) is 5.69 Å². The molecule has 2 aromatic rings. The number of carbonyl (C=O) groups is 1. The fraction of sp³-hybridized carbons (Fsp3) is 0.444. The van der Waals surface area contributed by atoms with E-state index in [0.29, 0.717) is 6.54 Å². The van der Waals surface area contributed by atoms with Crippen LogP contribution in [0, 0.1) is 0 Å². The molecular weight excluding hydrogens is 320 g/mol. The van der Waals surface area contributed by atoms with Crippen LogP contribution >= 0.6 is 11.3 Å². The monoisotopic (exact) mass is 342 g/mol. The van der Waals surface area contributed by atoms with Gasteiger partial charge in [-0.3, -0.25) is 19.6 Å². The van der Waals surface area contributed by atoms with Crippen LogP contribution in [0.1, 0.15) is 12.0 Å². The number of thiophene rings is 1. The SMILES string of the molecule is CN1CC(=O)N(c2ccsc2)CC12CCN(Cc1cccnc1)C2. The summed E-state index contributed by atoms with van der Waals surface area (Å²) < 4.78 is 0. The van der Waals surface area contributed by atoms with Crippen molar-refractivity contribution in [3.05, 3.63) is 46.9 Å². The summed E-state index contributed by atoms with van der Waals surface area (Å²) in [7, 11) is 2.09. The third-order valence-corrected chi connectivity index (χ3v) is 5.96. The molecule has 24 heavy (non-hydrogen) atoms. The highest BCUT2D eigenvalue weighted by Crippen LogP contribution is 2.34. The number of likely N-dealkylation sites (tertiary alicyclic amines) is 1. The van der Waals surface area contributed by atoms with Crippen LogP contribution in [0.25, 0.3) is 0 Å². The van der Waals surface area contributed by atoms with Gasteiger partial charge >= 0.3 is 0 Å². The Morgan fingerprint density at radius 3 is 3.00 bits per heavy atom. The van der Waals surface area contributed by atoms with Gasteiger partial charge in [0.05, 0.1) is 17.8 Å². The van der Waals surface area contributed by atoms with Gasteiger partial charge in [-0.2, -0.15) is 11.3 Å². The molecule has 2 aromatic heterocycles. The third-order valence-electron chi connectivity index (χ3n) is 5.29. The van der Waals surface area contributed by atoms with Gasteiger partial charge in [0.25, 0.3) is 0 Å². The molecule has 2 fully saturated rings. The molecule has 2 aliphatic heterocycles. The summed E-state index contributed by atoms with van der Waals surface area (Å²) in [4.78, 5) is 23.4. The Kier molecular flexibility index (Phi) is 4.12. The molecule has 0 radical (unpaired) electrons. The Morgan fingerprint density at radius 2 is 2.25 bits per heavy atom. The second-order valence-corrected chi connectivity index (χ2v) is 7.64. The number of amides is 1. The summed E-state index contributed by atoms with van der Waals surface area (Å²) in [5.41, 5.74) is 2.35. The number of pyridine rings is 1. The first-order valence-corrected chi connectivity index (χ1v) is 9.26. The first kappa shape index (κ1) is 15.7. The van der Waals surface area contributed by atoms with E-state index in [-0.39, 0.29) is 11.4 Å². The number of aromatic nitrogens is 1. The predicted molar refractivity (Wildman–Crippen MR) is 96.2 cm³/mol. The zero-order valence-electron chi connectivity index (χ0n) is 13.9. The van der Waals surface area contributed by atoms with E-state index < -0.39 is 0 Å². The van der Waals surface area contributed by atoms with Gasteiger partial charge in [0.1, 0.15) is 0 Å². The normalized spacial score (nSPS) is 25.7. The lowest BCUT2D eigenvalue weighted by atomic mass is 9.93. The van der Waals surface area contributed by atoms with Gasteiger partial charge in [-0.15, -0.1) is 0 Å². The van der Waals surface area contributed by atoms with E-state index in [1.54, 1.807) is 11.3 Å². The minimum absolute atomic E-state index is 0.0536. The molecule has 0 bridgehead atoms. The van der Waals surface area contributed by atoms with E-state index >= 15 is 0 Å². The zero-order chi connectivity index (χ0) is 16.6. The van der Waals surface area contributed by atoms with Crippen molar-refractivity contribution in [3.8, 4) is 0 Å². The summed E-state index contributed by atoms with van der Waals surface area (Å²) in [5, 5.41) is 4.11. The van der Waals surface area contributed by atoms with Crippen molar-refractivity contribution in [1.29, 1.82) is 0 Å². The maximum Gasteiger partial charge on any atom is 0.241 e. The van der Waals surface area contributed by atoms with Crippen molar-refractivity contribution in [2.45, 2.75) is 18.5 Å². The molecule has 0 aromatic carbocycles. The molecule has 0 saturated carbocycles. The highest BCUT2D eigenvalue weighted by Gasteiger charge is 2.47. The Hall–Kier alpha value is -1.76. The lowest BCUT2D eigenvalue weighted by Gasteiger charge is -2.46. The number of rotatable bonds is 3. The molecule has 126 valence electrons. The smallest absolute Gasteiger partial charge is 0.241 e. The van der Waals surface area contributed by atoms with Crippen LogP contribution in [0.2, 0.25) is 0 Å². The average Bonchev–Trinajstić information content (AvgIpc) is 3.23. The fourth-order valence-electron chi connectivity index (χ4n) is 3.87. The summed E-state index contributed by atoms with van der Waals surface area (Å²) in [6.07, 6.45) is 4.85. The number of likely N-dealkylation sites (N-methyl/N-ethyl adjacent to an activating group) is 1.